The first-order chi connectivity index (χ1) is 7.80. The van der Waals surface area contributed by atoms with Crippen LogP contribution in [0.1, 0.15) is 36.5 Å². The first-order valence-electron chi connectivity index (χ1n) is 5.71. The fourth-order valence-corrected chi connectivity index (χ4v) is 2.73. The SMILES string of the molecule is Cc1cc(F)c(C2(C#N)CC(C)(O)C2)cc1C. The van der Waals surface area contributed by atoms with Gasteiger partial charge in [0, 0.05) is 5.56 Å². The fraction of sp³-hybridized carbons (Fsp3) is 0.500. The van der Waals surface area contributed by atoms with Crippen LogP contribution >= 0.6 is 0 Å². The van der Waals surface area contributed by atoms with Crippen LogP contribution in [0.15, 0.2) is 12.1 Å². The van der Waals surface area contributed by atoms with E-state index < -0.39 is 11.0 Å². The molecule has 0 radical (unpaired) electrons. The average Bonchev–Trinajstić information content (AvgIpc) is 2.19. The highest BCUT2D eigenvalue weighted by Gasteiger charge is 2.53. The molecule has 2 rings (SSSR count). The van der Waals surface area contributed by atoms with Gasteiger partial charge in [0.15, 0.2) is 0 Å². The highest BCUT2D eigenvalue weighted by Crippen LogP contribution is 2.50. The van der Waals surface area contributed by atoms with E-state index in [-0.39, 0.29) is 5.82 Å². The quantitative estimate of drug-likeness (QED) is 0.810. The highest BCUT2D eigenvalue weighted by molar-refractivity contribution is 5.43. The van der Waals surface area contributed by atoms with Gasteiger partial charge in [-0.1, -0.05) is 6.07 Å². The van der Waals surface area contributed by atoms with Gasteiger partial charge in [-0.15, -0.1) is 0 Å². The number of rotatable bonds is 1. The number of hydrogen-bond acceptors (Lipinski definition) is 2. The molecule has 3 heteroatoms. The molecule has 0 aliphatic heterocycles. The van der Waals surface area contributed by atoms with Crippen molar-refractivity contribution in [3.8, 4) is 6.07 Å². The highest BCUT2D eigenvalue weighted by atomic mass is 19.1. The Morgan fingerprint density at radius 2 is 1.82 bits per heavy atom. The Morgan fingerprint density at radius 1 is 1.29 bits per heavy atom. The van der Waals surface area contributed by atoms with Crippen molar-refractivity contribution in [2.75, 3.05) is 0 Å². The van der Waals surface area contributed by atoms with Gasteiger partial charge >= 0.3 is 0 Å². The second kappa shape index (κ2) is 3.54. The lowest BCUT2D eigenvalue weighted by atomic mass is 9.57. The smallest absolute Gasteiger partial charge is 0.128 e. The minimum Gasteiger partial charge on any atom is -0.390 e. The lowest BCUT2D eigenvalue weighted by molar-refractivity contribution is -0.0565. The average molecular weight is 233 g/mol. The van der Waals surface area contributed by atoms with E-state index in [1.165, 1.54) is 6.07 Å². The van der Waals surface area contributed by atoms with Gasteiger partial charge in [-0.25, -0.2) is 4.39 Å². The van der Waals surface area contributed by atoms with Crippen molar-refractivity contribution in [1.82, 2.24) is 0 Å². The van der Waals surface area contributed by atoms with Crippen LogP contribution in [0.2, 0.25) is 0 Å². The maximum Gasteiger partial charge on any atom is 0.128 e. The van der Waals surface area contributed by atoms with Crippen LogP contribution in [0, 0.1) is 31.0 Å². The van der Waals surface area contributed by atoms with E-state index in [1.54, 1.807) is 13.0 Å². The number of aryl methyl sites for hydroxylation is 2. The van der Waals surface area contributed by atoms with Gasteiger partial charge in [0.2, 0.25) is 0 Å². The van der Waals surface area contributed by atoms with E-state index >= 15 is 0 Å². The third-order valence-electron chi connectivity index (χ3n) is 3.68. The summed E-state index contributed by atoms with van der Waals surface area (Å²) in [5.74, 6) is -0.342. The molecule has 1 aliphatic rings. The van der Waals surface area contributed by atoms with Crippen molar-refractivity contribution in [2.24, 2.45) is 0 Å². The molecular formula is C14H16FNO. The van der Waals surface area contributed by atoms with E-state index in [0.29, 0.717) is 18.4 Å². The standard InChI is InChI=1S/C14H16FNO/c1-9-4-11(12(15)5-10(9)2)14(8-16)6-13(3,17)7-14/h4-5,17H,6-7H2,1-3H3. The van der Waals surface area contributed by atoms with E-state index in [2.05, 4.69) is 6.07 Å². The van der Waals surface area contributed by atoms with Gasteiger partial charge in [0.25, 0.3) is 0 Å². The van der Waals surface area contributed by atoms with Crippen molar-refractivity contribution in [3.05, 3.63) is 34.6 Å². The van der Waals surface area contributed by atoms with Gasteiger partial charge in [0.1, 0.15) is 5.82 Å². The molecule has 0 bridgehead atoms. The maximum atomic E-state index is 14.0. The molecular weight excluding hydrogens is 217 g/mol. The summed E-state index contributed by atoms with van der Waals surface area (Å²) in [7, 11) is 0. The van der Waals surface area contributed by atoms with Crippen molar-refractivity contribution in [1.29, 1.82) is 5.26 Å². The molecule has 1 aromatic rings. The summed E-state index contributed by atoms with van der Waals surface area (Å²) in [6, 6.07) is 5.38. The van der Waals surface area contributed by atoms with Crippen molar-refractivity contribution >= 4 is 0 Å². The molecule has 90 valence electrons. The fourth-order valence-electron chi connectivity index (χ4n) is 2.73. The predicted octanol–water partition coefficient (Wildman–Crippen LogP) is 2.75. The Hall–Kier alpha value is -1.40. The molecule has 1 aliphatic carbocycles. The van der Waals surface area contributed by atoms with Crippen molar-refractivity contribution in [2.45, 2.75) is 44.6 Å². The topological polar surface area (TPSA) is 44.0 Å². The van der Waals surface area contributed by atoms with Gasteiger partial charge < -0.3 is 5.11 Å². The molecule has 1 saturated carbocycles. The molecule has 0 atom stereocenters. The van der Waals surface area contributed by atoms with Crippen LogP contribution < -0.4 is 0 Å². The number of nitriles is 1. The third-order valence-corrected chi connectivity index (χ3v) is 3.68. The Kier molecular flexibility index (Phi) is 2.52. The molecule has 1 fully saturated rings. The van der Waals surface area contributed by atoms with Crippen LogP contribution in [-0.2, 0) is 5.41 Å². The Bertz CT molecular complexity index is 506. The van der Waals surface area contributed by atoms with Crippen molar-refractivity contribution in [3.63, 3.8) is 0 Å². The molecule has 1 N–H and O–H groups in total. The first kappa shape index (κ1) is 12.1. The monoisotopic (exact) mass is 233 g/mol. The number of benzene rings is 1. The van der Waals surface area contributed by atoms with E-state index in [4.69, 9.17) is 0 Å². The molecule has 0 amide bonds. The molecule has 1 aromatic carbocycles. The van der Waals surface area contributed by atoms with Gasteiger partial charge in [-0.3, -0.25) is 0 Å². The van der Waals surface area contributed by atoms with Crippen LogP contribution in [0.4, 0.5) is 4.39 Å². The summed E-state index contributed by atoms with van der Waals surface area (Å²) in [5, 5.41) is 19.1. The summed E-state index contributed by atoms with van der Waals surface area (Å²) in [6.07, 6.45) is 0.603. The van der Waals surface area contributed by atoms with Crippen LogP contribution in [0.5, 0.6) is 0 Å². The summed E-state index contributed by atoms with van der Waals surface area (Å²) < 4.78 is 14.0. The largest absolute Gasteiger partial charge is 0.390 e. The summed E-state index contributed by atoms with van der Waals surface area (Å²) in [6.45, 7) is 5.43. The number of aliphatic hydroxyl groups is 1. The lowest BCUT2D eigenvalue weighted by Crippen LogP contribution is -2.52. The lowest BCUT2D eigenvalue weighted by Gasteiger charge is -2.47. The molecule has 0 heterocycles. The number of halogens is 1. The zero-order chi connectivity index (χ0) is 12.8. The summed E-state index contributed by atoms with van der Waals surface area (Å²) >= 11 is 0. The molecule has 0 unspecified atom stereocenters. The van der Waals surface area contributed by atoms with Crippen LogP contribution in [0.25, 0.3) is 0 Å². The second-order valence-corrected chi connectivity index (χ2v) is 5.46. The van der Waals surface area contributed by atoms with E-state index in [1.807, 2.05) is 13.8 Å². The molecule has 17 heavy (non-hydrogen) atoms. The second-order valence-electron chi connectivity index (χ2n) is 5.46. The normalized spacial score (nSPS) is 31.8. The zero-order valence-electron chi connectivity index (χ0n) is 10.3. The first-order valence-corrected chi connectivity index (χ1v) is 5.71. The minimum absolute atomic E-state index is 0.302. The molecule has 0 saturated heterocycles. The Morgan fingerprint density at radius 3 is 2.29 bits per heavy atom. The van der Waals surface area contributed by atoms with Gasteiger partial charge in [-0.05, 0) is 50.8 Å². The Labute approximate surface area is 101 Å². The van der Waals surface area contributed by atoms with E-state index in [0.717, 1.165) is 11.1 Å². The van der Waals surface area contributed by atoms with Crippen LogP contribution in [0.3, 0.4) is 0 Å². The molecule has 2 nitrogen and oxygen atoms in total. The zero-order valence-corrected chi connectivity index (χ0v) is 10.3. The van der Waals surface area contributed by atoms with Crippen molar-refractivity contribution < 1.29 is 9.50 Å². The van der Waals surface area contributed by atoms with Gasteiger partial charge in [-0.2, -0.15) is 5.26 Å². The number of nitrogens with zero attached hydrogens (tertiary/aromatic N) is 1. The third kappa shape index (κ3) is 1.83. The predicted molar refractivity (Wildman–Crippen MR) is 63.0 cm³/mol. The number of hydrogen-bond donors (Lipinski definition) is 1. The van der Waals surface area contributed by atoms with Crippen LogP contribution in [-0.4, -0.2) is 10.7 Å². The summed E-state index contributed by atoms with van der Waals surface area (Å²) in [5.41, 5.74) is 0.579. The Balaban J connectivity index is 2.48. The maximum absolute atomic E-state index is 14.0. The van der Waals surface area contributed by atoms with Gasteiger partial charge in [0.05, 0.1) is 17.1 Å². The summed E-state index contributed by atoms with van der Waals surface area (Å²) in [4.78, 5) is 0. The minimum atomic E-state index is -0.855. The molecule has 0 aromatic heterocycles. The molecule has 0 spiro atoms. The van der Waals surface area contributed by atoms with E-state index in [9.17, 15) is 14.8 Å².